The van der Waals surface area contributed by atoms with Crippen LogP contribution in [0.1, 0.15) is 18.9 Å². The molecule has 106 valence electrons. The Morgan fingerprint density at radius 3 is 2.80 bits per heavy atom. The number of benzene rings is 1. The maximum atomic E-state index is 11.4. The molecule has 1 aromatic carbocycles. The third kappa shape index (κ3) is 3.17. The summed E-state index contributed by atoms with van der Waals surface area (Å²) >= 11 is 0. The first kappa shape index (κ1) is 14.1. The van der Waals surface area contributed by atoms with E-state index in [1.807, 2.05) is 13.0 Å². The Kier molecular flexibility index (Phi) is 4.08. The van der Waals surface area contributed by atoms with E-state index in [4.69, 9.17) is 9.15 Å². The lowest BCUT2D eigenvalue weighted by Gasteiger charge is -2.13. The molecular weight excluding hydrogens is 260 g/mol. The van der Waals surface area contributed by atoms with Crippen molar-refractivity contribution in [3.05, 3.63) is 40.2 Å². The molecule has 0 aliphatic rings. The SMILES string of the molecule is COC(=O)CC(C)Oc1ccc2c(C)cc(=O)oc2c1. The summed E-state index contributed by atoms with van der Waals surface area (Å²) in [4.78, 5) is 22.5. The van der Waals surface area contributed by atoms with E-state index in [-0.39, 0.29) is 18.5 Å². The van der Waals surface area contributed by atoms with Crippen molar-refractivity contribution in [3.63, 3.8) is 0 Å². The van der Waals surface area contributed by atoms with Crippen molar-refractivity contribution in [3.8, 4) is 5.75 Å². The molecule has 0 saturated heterocycles. The molecule has 0 aliphatic carbocycles. The van der Waals surface area contributed by atoms with Crippen molar-refractivity contribution in [2.75, 3.05) is 7.11 Å². The van der Waals surface area contributed by atoms with Crippen LogP contribution in [0.4, 0.5) is 0 Å². The van der Waals surface area contributed by atoms with Gasteiger partial charge in [0.25, 0.3) is 0 Å². The van der Waals surface area contributed by atoms with Crippen molar-refractivity contribution in [1.29, 1.82) is 0 Å². The number of hydrogen-bond acceptors (Lipinski definition) is 5. The second-order valence-electron chi connectivity index (χ2n) is 4.62. The molecule has 0 bridgehead atoms. The molecule has 20 heavy (non-hydrogen) atoms. The summed E-state index contributed by atoms with van der Waals surface area (Å²) in [6.07, 6.45) is -0.164. The van der Waals surface area contributed by atoms with E-state index in [0.717, 1.165) is 10.9 Å². The fourth-order valence-electron chi connectivity index (χ4n) is 1.97. The molecule has 0 spiro atoms. The third-order valence-corrected chi connectivity index (χ3v) is 2.94. The van der Waals surface area contributed by atoms with Crippen LogP contribution in [0, 0.1) is 6.92 Å². The number of rotatable bonds is 4. The van der Waals surface area contributed by atoms with Gasteiger partial charge in [0.05, 0.1) is 13.5 Å². The van der Waals surface area contributed by atoms with E-state index >= 15 is 0 Å². The summed E-state index contributed by atoms with van der Waals surface area (Å²) in [7, 11) is 1.34. The summed E-state index contributed by atoms with van der Waals surface area (Å²) in [6.45, 7) is 3.62. The first-order chi connectivity index (χ1) is 9.49. The maximum absolute atomic E-state index is 11.4. The molecular formula is C15H16O5. The molecule has 0 radical (unpaired) electrons. The Balaban J connectivity index is 2.24. The van der Waals surface area contributed by atoms with Crippen molar-refractivity contribution in [2.45, 2.75) is 26.4 Å². The topological polar surface area (TPSA) is 65.7 Å². The minimum atomic E-state index is -0.394. The van der Waals surface area contributed by atoms with Crippen LogP contribution in [-0.2, 0) is 9.53 Å². The van der Waals surface area contributed by atoms with Gasteiger partial charge in [0.2, 0.25) is 0 Å². The van der Waals surface area contributed by atoms with Crippen LogP contribution >= 0.6 is 0 Å². The van der Waals surface area contributed by atoms with E-state index in [9.17, 15) is 9.59 Å². The highest BCUT2D eigenvalue weighted by atomic mass is 16.5. The number of hydrogen-bond donors (Lipinski definition) is 0. The summed E-state index contributed by atoms with van der Waals surface area (Å²) in [5.74, 6) is 0.211. The van der Waals surface area contributed by atoms with E-state index in [0.29, 0.717) is 11.3 Å². The van der Waals surface area contributed by atoms with Crippen molar-refractivity contribution in [2.24, 2.45) is 0 Å². The van der Waals surface area contributed by atoms with Gasteiger partial charge in [-0.2, -0.15) is 0 Å². The molecule has 0 saturated carbocycles. The highest BCUT2D eigenvalue weighted by Gasteiger charge is 2.11. The number of esters is 1. The van der Waals surface area contributed by atoms with Gasteiger partial charge in [0.1, 0.15) is 17.4 Å². The van der Waals surface area contributed by atoms with Gasteiger partial charge in [0.15, 0.2) is 0 Å². The lowest BCUT2D eigenvalue weighted by atomic mass is 10.1. The zero-order valence-electron chi connectivity index (χ0n) is 11.6. The molecule has 1 atom stereocenters. The highest BCUT2D eigenvalue weighted by Crippen LogP contribution is 2.23. The van der Waals surface area contributed by atoms with Gasteiger partial charge in [-0.25, -0.2) is 4.79 Å². The fraction of sp³-hybridized carbons (Fsp3) is 0.333. The Bertz CT molecular complexity index is 686. The van der Waals surface area contributed by atoms with Crippen LogP contribution in [0.3, 0.4) is 0 Å². The third-order valence-electron chi connectivity index (χ3n) is 2.94. The molecule has 0 amide bonds. The van der Waals surface area contributed by atoms with Crippen molar-refractivity contribution < 1.29 is 18.7 Å². The van der Waals surface area contributed by atoms with Crippen LogP contribution < -0.4 is 10.4 Å². The van der Waals surface area contributed by atoms with Gasteiger partial charge in [-0.15, -0.1) is 0 Å². The van der Waals surface area contributed by atoms with E-state index in [2.05, 4.69) is 4.74 Å². The largest absolute Gasteiger partial charge is 0.490 e. The lowest BCUT2D eigenvalue weighted by molar-refractivity contribution is -0.142. The highest BCUT2D eigenvalue weighted by molar-refractivity contribution is 5.81. The van der Waals surface area contributed by atoms with E-state index < -0.39 is 5.63 Å². The van der Waals surface area contributed by atoms with E-state index in [1.165, 1.54) is 13.2 Å². The van der Waals surface area contributed by atoms with Crippen molar-refractivity contribution in [1.82, 2.24) is 0 Å². The Hall–Kier alpha value is -2.30. The van der Waals surface area contributed by atoms with Gasteiger partial charge in [-0.05, 0) is 31.5 Å². The van der Waals surface area contributed by atoms with Crippen LogP contribution in [0.2, 0.25) is 0 Å². The quantitative estimate of drug-likeness (QED) is 0.634. The molecule has 1 unspecified atom stereocenters. The molecule has 1 heterocycles. The number of fused-ring (bicyclic) bond motifs is 1. The molecule has 1 aromatic heterocycles. The first-order valence-electron chi connectivity index (χ1n) is 6.27. The Morgan fingerprint density at radius 1 is 1.35 bits per heavy atom. The Labute approximate surface area is 116 Å². The summed E-state index contributed by atoms with van der Waals surface area (Å²) in [6, 6.07) is 6.71. The van der Waals surface area contributed by atoms with Gasteiger partial charge >= 0.3 is 11.6 Å². The zero-order valence-corrected chi connectivity index (χ0v) is 11.6. The minimum Gasteiger partial charge on any atom is -0.490 e. The van der Waals surface area contributed by atoms with Gasteiger partial charge in [-0.3, -0.25) is 4.79 Å². The van der Waals surface area contributed by atoms with Gasteiger partial charge < -0.3 is 13.9 Å². The molecule has 2 rings (SSSR count). The predicted molar refractivity (Wildman–Crippen MR) is 73.9 cm³/mol. The summed E-state index contributed by atoms with van der Waals surface area (Å²) in [5, 5.41) is 0.859. The fourth-order valence-corrected chi connectivity index (χ4v) is 1.97. The summed E-state index contributed by atoms with van der Waals surface area (Å²) < 4.78 is 15.3. The lowest BCUT2D eigenvalue weighted by Crippen LogP contribution is -2.17. The van der Waals surface area contributed by atoms with Crippen LogP contribution in [-0.4, -0.2) is 19.2 Å². The molecule has 5 heteroatoms. The summed E-state index contributed by atoms with van der Waals surface area (Å²) in [5.41, 5.74) is 0.929. The number of carbonyl (C=O) groups is 1. The van der Waals surface area contributed by atoms with Crippen LogP contribution in [0.25, 0.3) is 11.0 Å². The maximum Gasteiger partial charge on any atom is 0.336 e. The zero-order chi connectivity index (χ0) is 14.7. The smallest absolute Gasteiger partial charge is 0.336 e. The minimum absolute atomic E-state index is 0.159. The van der Waals surface area contributed by atoms with Crippen LogP contribution in [0.5, 0.6) is 5.75 Å². The molecule has 2 aromatic rings. The molecule has 0 fully saturated rings. The average Bonchev–Trinajstić information content (AvgIpc) is 2.37. The predicted octanol–water partition coefficient (Wildman–Crippen LogP) is 2.43. The molecule has 0 aliphatic heterocycles. The second-order valence-corrected chi connectivity index (χ2v) is 4.62. The number of methoxy groups -OCH3 is 1. The normalized spacial score (nSPS) is 12.2. The van der Waals surface area contributed by atoms with Gasteiger partial charge in [0, 0.05) is 17.5 Å². The van der Waals surface area contributed by atoms with Gasteiger partial charge in [-0.1, -0.05) is 0 Å². The average molecular weight is 276 g/mol. The molecule has 0 N–H and O–H groups in total. The number of carbonyl (C=O) groups excluding carboxylic acids is 1. The molecule has 5 nitrogen and oxygen atoms in total. The number of aryl methyl sites for hydroxylation is 1. The monoisotopic (exact) mass is 276 g/mol. The Morgan fingerprint density at radius 2 is 2.10 bits per heavy atom. The first-order valence-corrected chi connectivity index (χ1v) is 6.27. The van der Waals surface area contributed by atoms with Crippen molar-refractivity contribution >= 4 is 16.9 Å². The van der Waals surface area contributed by atoms with E-state index in [1.54, 1.807) is 19.1 Å². The standard InChI is InChI=1S/C15H16O5/c1-9-6-15(17)20-13-8-11(4-5-12(9)13)19-10(2)7-14(16)18-3/h4-6,8,10H,7H2,1-3H3. The number of ether oxygens (including phenoxy) is 2. The van der Waals surface area contributed by atoms with Crippen LogP contribution in [0.15, 0.2) is 33.5 Å². The second kappa shape index (κ2) is 5.77.